The fraction of sp³-hybridized carbons (Fsp3) is 0.222. The average molecular weight is 178 g/mol. The molecule has 0 radical (unpaired) electrons. The fourth-order valence-corrected chi connectivity index (χ4v) is 1.41. The number of anilines is 1. The first-order chi connectivity index (χ1) is 6.24. The fourth-order valence-electron chi connectivity index (χ4n) is 1.41. The standard InChI is InChI=1S/C9H10N2O2/c1-2-11-7-5-3-4-6(10)8(7)13-9(11)12/h3-5H,2,10H2,1H3. The molecule has 2 rings (SSSR count). The summed E-state index contributed by atoms with van der Waals surface area (Å²) in [4.78, 5) is 11.3. The van der Waals surface area contributed by atoms with Crippen molar-refractivity contribution < 1.29 is 4.42 Å². The first-order valence-electron chi connectivity index (χ1n) is 4.12. The predicted octanol–water partition coefficient (Wildman–Crippen LogP) is 1.20. The van der Waals surface area contributed by atoms with Gasteiger partial charge in [0, 0.05) is 6.54 Å². The lowest BCUT2D eigenvalue weighted by molar-refractivity contribution is 0.514. The van der Waals surface area contributed by atoms with Crippen LogP contribution < -0.4 is 11.5 Å². The van der Waals surface area contributed by atoms with Crippen LogP contribution in [0.15, 0.2) is 27.4 Å². The third-order valence-corrected chi connectivity index (χ3v) is 2.04. The Labute approximate surface area is 74.6 Å². The van der Waals surface area contributed by atoms with Crippen molar-refractivity contribution in [3.63, 3.8) is 0 Å². The summed E-state index contributed by atoms with van der Waals surface area (Å²) in [6.45, 7) is 2.48. The smallest absolute Gasteiger partial charge is 0.405 e. The van der Waals surface area contributed by atoms with E-state index in [9.17, 15) is 4.79 Å². The topological polar surface area (TPSA) is 61.2 Å². The molecule has 0 aliphatic heterocycles. The third kappa shape index (κ3) is 1.02. The largest absolute Gasteiger partial charge is 0.420 e. The molecule has 0 unspecified atom stereocenters. The van der Waals surface area contributed by atoms with E-state index in [2.05, 4.69) is 0 Å². The number of para-hydroxylation sites is 1. The maximum Gasteiger partial charge on any atom is 0.420 e. The quantitative estimate of drug-likeness (QED) is 0.667. The SMILES string of the molecule is CCn1c(=O)oc2c(N)cccc21. The van der Waals surface area contributed by atoms with Crippen molar-refractivity contribution in [1.29, 1.82) is 0 Å². The van der Waals surface area contributed by atoms with Crippen molar-refractivity contribution in [2.75, 3.05) is 5.73 Å². The van der Waals surface area contributed by atoms with Gasteiger partial charge < -0.3 is 10.2 Å². The van der Waals surface area contributed by atoms with E-state index in [1.54, 1.807) is 16.7 Å². The number of nitrogens with zero attached hydrogens (tertiary/aromatic N) is 1. The highest BCUT2D eigenvalue weighted by molar-refractivity contribution is 5.84. The molecule has 0 aliphatic carbocycles. The van der Waals surface area contributed by atoms with E-state index < -0.39 is 0 Å². The first-order valence-corrected chi connectivity index (χ1v) is 4.12. The zero-order valence-corrected chi connectivity index (χ0v) is 7.28. The number of rotatable bonds is 1. The Hall–Kier alpha value is -1.71. The van der Waals surface area contributed by atoms with E-state index in [0.717, 1.165) is 5.52 Å². The van der Waals surface area contributed by atoms with Gasteiger partial charge in [-0.2, -0.15) is 0 Å². The number of nitrogens with two attached hydrogens (primary N) is 1. The maximum atomic E-state index is 11.3. The maximum absolute atomic E-state index is 11.3. The number of hydrogen-bond donors (Lipinski definition) is 1. The molecular weight excluding hydrogens is 168 g/mol. The number of nitrogen functional groups attached to an aromatic ring is 1. The van der Waals surface area contributed by atoms with Gasteiger partial charge in [-0.25, -0.2) is 4.79 Å². The van der Waals surface area contributed by atoms with Crippen LogP contribution in [0.3, 0.4) is 0 Å². The second-order valence-corrected chi connectivity index (χ2v) is 2.81. The summed E-state index contributed by atoms with van der Waals surface area (Å²) in [6, 6.07) is 5.34. The summed E-state index contributed by atoms with van der Waals surface area (Å²) < 4.78 is 6.55. The van der Waals surface area contributed by atoms with Crippen LogP contribution in [0.1, 0.15) is 6.92 Å². The molecule has 1 heterocycles. The molecule has 0 saturated heterocycles. The van der Waals surface area contributed by atoms with Crippen molar-refractivity contribution in [3.8, 4) is 0 Å². The minimum absolute atomic E-state index is 0.351. The van der Waals surface area contributed by atoms with E-state index >= 15 is 0 Å². The van der Waals surface area contributed by atoms with Crippen LogP contribution in [0.25, 0.3) is 11.1 Å². The van der Waals surface area contributed by atoms with E-state index in [1.807, 2.05) is 13.0 Å². The number of fused-ring (bicyclic) bond motifs is 1. The summed E-state index contributed by atoms with van der Waals surface area (Å²) in [5.41, 5.74) is 7.39. The monoisotopic (exact) mass is 178 g/mol. The van der Waals surface area contributed by atoms with Crippen molar-refractivity contribution >= 4 is 16.8 Å². The van der Waals surface area contributed by atoms with Gasteiger partial charge in [-0.15, -0.1) is 0 Å². The Morgan fingerprint density at radius 1 is 1.54 bits per heavy atom. The van der Waals surface area contributed by atoms with Crippen molar-refractivity contribution in [1.82, 2.24) is 4.57 Å². The predicted molar refractivity (Wildman–Crippen MR) is 50.6 cm³/mol. The average Bonchev–Trinajstić information content (AvgIpc) is 2.43. The molecule has 13 heavy (non-hydrogen) atoms. The lowest BCUT2D eigenvalue weighted by Crippen LogP contribution is -2.11. The molecule has 0 bridgehead atoms. The number of aryl methyl sites for hydroxylation is 1. The highest BCUT2D eigenvalue weighted by atomic mass is 16.4. The van der Waals surface area contributed by atoms with Crippen molar-refractivity contribution in [3.05, 3.63) is 28.7 Å². The van der Waals surface area contributed by atoms with Gasteiger partial charge in [-0.1, -0.05) is 6.07 Å². The van der Waals surface area contributed by atoms with Gasteiger partial charge in [0.2, 0.25) is 0 Å². The number of oxazole rings is 1. The number of hydrogen-bond acceptors (Lipinski definition) is 3. The molecule has 2 aromatic rings. The minimum atomic E-state index is -0.351. The zero-order valence-electron chi connectivity index (χ0n) is 7.28. The van der Waals surface area contributed by atoms with Crippen LogP contribution in [-0.4, -0.2) is 4.57 Å². The van der Waals surface area contributed by atoms with Gasteiger partial charge in [0.05, 0.1) is 11.2 Å². The summed E-state index contributed by atoms with van der Waals surface area (Å²) >= 11 is 0. The molecule has 0 amide bonds. The molecule has 0 fully saturated rings. The zero-order chi connectivity index (χ0) is 9.42. The molecule has 0 spiro atoms. The Balaban J connectivity index is 2.94. The van der Waals surface area contributed by atoms with Gasteiger partial charge in [0.25, 0.3) is 0 Å². The molecule has 1 aromatic carbocycles. The lowest BCUT2D eigenvalue weighted by atomic mass is 10.3. The molecule has 0 aliphatic rings. The molecule has 68 valence electrons. The van der Waals surface area contributed by atoms with Crippen molar-refractivity contribution in [2.45, 2.75) is 13.5 Å². The third-order valence-electron chi connectivity index (χ3n) is 2.04. The van der Waals surface area contributed by atoms with Crippen LogP contribution in [-0.2, 0) is 6.54 Å². The van der Waals surface area contributed by atoms with E-state index in [4.69, 9.17) is 10.2 Å². The van der Waals surface area contributed by atoms with Crippen molar-refractivity contribution in [2.24, 2.45) is 0 Å². The Morgan fingerprint density at radius 3 is 3.00 bits per heavy atom. The highest BCUT2D eigenvalue weighted by Crippen LogP contribution is 2.18. The second kappa shape index (κ2) is 2.65. The Kier molecular flexibility index (Phi) is 1.62. The molecule has 0 atom stereocenters. The van der Waals surface area contributed by atoms with Gasteiger partial charge >= 0.3 is 5.76 Å². The summed E-state index contributed by atoms with van der Waals surface area (Å²) in [7, 11) is 0. The van der Waals surface area contributed by atoms with Gasteiger partial charge in [-0.05, 0) is 19.1 Å². The van der Waals surface area contributed by atoms with Crippen LogP contribution in [0.5, 0.6) is 0 Å². The Bertz CT molecular complexity index is 496. The van der Waals surface area contributed by atoms with Crippen LogP contribution in [0, 0.1) is 0 Å². The molecular formula is C9H10N2O2. The molecule has 0 saturated carbocycles. The van der Waals surface area contributed by atoms with E-state index in [0.29, 0.717) is 17.8 Å². The Morgan fingerprint density at radius 2 is 2.31 bits per heavy atom. The molecule has 1 aromatic heterocycles. The van der Waals surface area contributed by atoms with E-state index in [-0.39, 0.29) is 5.76 Å². The summed E-state index contributed by atoms with van der Waals surface area (Å²) in [6.07, 6.45) is 0. The highest BCUT2D eigenvalue weighted by Gasteiger charge is 2.08. The van der Waals surface area contributed by atoms with Crippen LogP contribution in [0.4, 0.5) is 5.69 Å². The molecule has 2 N–H and O–H groups in total. The van der Waals surface area contributed by atoms with Crippen LogP contribution >= 0.6 is 0 Å². The minimum Gasteiger partial charge on any atom is -0.405 e. The lowest BCUT2D eigenvalue weighted by Gasteiger charge is -1.95. The van der Waals surface area contributed by atoms with Gasteiger partial charge in [-0.3, -0.25) is 4.57 Å². The first kappa shape index (κ1) is 7.91. The summed E-state index contributed by atoms with van der Waals surface area (Å²) in [5.74, 6) is -0.351. The second-order valence-electron chi connectivity index (χ2n) is 2.81. The number of aromatic nitrogens is 1. The number of benzene rings is 1. The molecule has 4 nitrogen and oxygen atoms in total. The van der Waals surface area contributed by atoms with Gasteiger partial charge in [0.1, 0.15) is 0 Å². The summed E-state index contributed by atoms with van der Waals surface area (Å²) in [5, 5.41) is 0. The van der Waals surface area contributed by atoms with Gasteiger partial charge in [0.15, 0.2) is 5.58 Å². The molecule has 4 heteroatoms. The van der Waals surface area contributed by atoms with Crippen LogP contribution in [0.2, 0.25) is 0 Å². The van der Waals surface area contributed by atoms with E-state index in [1.165, 1.54) is 0 Å². The normalized spacial score (nSPS) is 10.8.